The van der Waals surface area contributed by atoms with Gasteiger partial charge in [-0.15, -0.1) is 0 Å². The van der Waals surface area contributed by atoms with E-state index in [1.807, 2.05) is 36.4 Å². The first-order chi connectivity index (χ1) is 18.3. The Balaban J connectivity index is 1.37. The van der Waals surface area contributed by atoms with Gasteiger partial charge in [-0.25, -0.2) is 9.69 Å². The van der Waals surface area contributed by atoms with Crippen molar-refractivity contribution in [2.24, 2.45) is 0 Å². The number of amides is 4. The Morgan fingerprint density at radius 2 is 1.87 bits per heavy atom. The highest BCUT2D eigenvalue weighted by Gasteiger charge is 2.59. The molecule has 9 heteroatoms. The predicted molar refractivity (Wildman–Crippen MR) is 145 cm³/mol. The predicted octanol–water partition coefficient (Wildman–Crippen LogP) is 5.00. The van der Waals surface area contributed by atoms with Gasteiger partial charge in [-0.1, -0.05) is 41.9 Å². The van der Waals surface area contributed by atoms with Crippen molar-refractivity contribution < 1.29 is 19.1 Å². The number of hydrogen-bond acceptors (Lipinski definition) is 4. The number of ether oxygens (including phenoxy) is 1. The summed E-state index contributed by atoms with van der Waals surface area (Å²) in [6.07, 6.45) is 0.588. The number of H-pyrrole nitrogens is 1. The van der Waals surface area contributed by atoms with Crippen molar-refractivity contribution in [1.29, 1.82) is 0 Å². The molecule has 8 nitrogen and oxygen atoms in total. The number of nitrogens with one attached hydrogen (secondary N) is 2. The first-order valence-electron chi connectivity index (χ1n) is 12.3. The van der Waals surface area contributed by atoms with Crippen LogP contribution >= 0.6 is 11.6 Å². The SMILES string of the molecule is COc1ccc2[nH]c3c(c2c1)CCN1C(=O)N(c2ccccc2C(=O)NCc2ccccc2Cl)C(=O)[C@]31C. The average molecular weight is 529 g/mol. The van der Waals surface area contributed by atoms with Crippen molar-refractivity contribution >= 4 is 46.0 Å². The fourth-order valence-corrected chi connectivity index (χ4v) is 5.73. The Morgan fingerprint density at radius 3 is 2.66 bits per heavy atom. The smallest absolute Gasteiger partial charge is 0.332 e. The molecule has 3 aromatic carbocycles. The monoisotopic (exact) mass is 528 g/mol. The Hall–Kier alpha value is -4.30. The quantitative estimate of drug-likeness (QED) is 0.356. The molecule has 6 rings (SSSR count). The lowest BCUT2D eigenvalue weighted by Gasteiger charge is -2.35. The van der Waals surface area contributed by atoms with Crippen LogP contribution in [-0.2, 0) is 23.3 Å². The number of urea groups is 1. The standard InChI is InChI=1S/C29H25ClN4O4/c1-29-25-19(21-15-18(38-2)11-12-23(21)32-25)13-14-33(29)28(37)34(27(29)36)24-10-6-4-8-20(24)26(35)31-16-17-7-3-5-9-22(17)30/h3-12,15,32H,13-14,16H2,1-2H3,(H,31,35)/t29-/m0/s1. The summed E-state index contributed by atoms with van der Waals surface area (Å²) in [6.45, 7) is 2.34. The number of benzene rings is 3. The van der Waals surface area contributed by atoms with Crippen LogP contribution in [0.15, 0.2) is 66.7 Å². The second kappa shape index (κ2) is 8.92. The Kier molecular flexibility index (Phi) is 5.65. The highest BCUT2D eigenvalue weighted by atomic mass is 35.5. The number of aromatic amines is 1. The van der Waals surface area contributed by atoms with E-state index in [4.69, 9.17) is 16.3 Å². The molecule has 38 heavy (non-hydrogen) atoms. The minimum atomic E-state index is -1.24. The number of nitrogens with zero attached hydrogens (tertiary/aromatic N) is 2. The van der Waals surface area contributed by atoms with Crippen molar-refractivity contribution in [3.05, 3.63) is 94.1 Å². The maximum atomic E-state index is 14.1. The summed E-state index contributed by atoms with van der Waals surface area (Å²) in [5, 5.41) is 4.38. The molecule has 4 aromatic rings. The van der Waals surface area contributed by atoms with E-state index in [2.05, 4.69) is 10.3 Å². The van der Waals surface area contributed by atoms with Crippen LogP contribution in [0.2, 0.25) is 5.02 Å². The largest absolute Gasteiger partial charge is 0.497 e. The molecule has 2 aliphatic heterocycles. The van der Waals surface area contributed by atoms with Crippen molar-refractivity contribution in [2.45, 2.75) is 25.4 Å². The number of rotatable bonds is 5. The summed E-state index contributed by atoms with van der Waals surface area (Å²) in [4.78, 5) is 47.2. The molecule has 0 spiro atoms. The fourth-order valence-electron chi connectivity index (χ4n) is 5.53. The molecule has 1 fully saturated rings. The third kappa shape index (κ3) is 3.48. The Labute approximate surface area is 224 Å². The molecule has 3 heterocycles. The second-order valence-corrected chi connectivity index (χ2v) is 9.99. The molecule has 0 radical (unpaired) electrons. The van der Waals surface area contributed by atoms with Crippen molar-refractivity contribution in [2.75, 3.05) is 18.6 Å². The maximum absolute atomic E-state index is 14.1. The van der Waals surface area contributed by atoms with E-state index < -0.39 is 23.4 Å². The van der Waals surface area contributed by atoms with Crippen molar-refractivity contribution in [1.82, 2.24) is 15.2 Å². The van der Waals surface area contributed by atoms with E-state index in [1.54, 1.807) is 49.3 Å². The molecule has 0 bridgehead atoms. The molecular weight excluding hydrogens is 504 g/mol. The van der Waals surface area contributed by atoms with Gasteiger partial charge in [-0.3, -0.25) is 9.59 Å². The van der Waals surface area contributed by atoms with Crippen LogP contribution in [0.3, 0.4) is 0 Å². The van der Waals surface area contributed by atoms with E-state index in [-0.39, 0.29) is 17.8 Å². The van der Waals surface area contributed by atoms with Crippen molar-refractivity contribution in [3.8, 4) is 5.75 Å². The lowest BCUT2D eigenvalue weighted by atomic mass is 9.87. The van der Waals surface area contributed by atoms with Gasteiger partial charge in [-0.05, 0) is 60.9 Å². The number of aromatic nitrogens is 1. The summed E-state index contributed by atoms with van der Waals surface area (Å²) < 4.78 is 5.40. The van der Waals surface area contributed by atoms with E-state index in [0.29, 0.717) is 23.7 Å². The third-order valence-corrected chi connectivity index (χ3v) is 7.92. The van der Waals surface area contributed by atoms with Crippen molar-refractivity contribution in [3.63, 3.8) is 0 Å². The van der Waals surface area contributed by atoms with E-state index >= 15 is 0 Å². The zero-order valence-corrected chi connectivity index (χ0v) is 21.6. The zero-order chi connectivity index (χ0) is 26.6. The van der Waals surface area contributed by atoms with Gasteiger partial charge >= 0.3 is 6.03 Å². The van der Waals surface area contributed by atoms with Gasteiger partial charge in [0, 0.05) is 29.0 Å². The summed E-state index contributed by atoms with van der Waals surface area (Å²) in [7, 11) is 1.61. The molecule has 0 saturated carbocycles. The molecule has 2 N–H and O–H groups in total. The third-order valence-electron chi connectivity index (χ3n) is 7.55. The van der Waals surface area contributed by atoms with Crippen LogP contribution in [0.1, 0.15) is 34.1 Å². The minimum absolute atomic E-state index is 0.209. The summed E-state index contributed by atoms with van der Waals surface area (Å²) in [6, 6.07) is 19.2. The average Bonchev–Trinajstić information content (AvgIpc) is 3.40. The molecule has 1 saturated heterocycles. The molecule has 4 amide bonds. The molecule has 2 aliphatic rings. The van der Waals surface area contributed by atoms with Crippen LogP contribution < -0.4 is 15.0 Å². The summed E-state index contributed by atoms with van der Waals surface area (Å²) >= 11 is 6.24. The molecule has 0 unspecified atom stereocenters. The highest BCUT2D eigenvalue weighted by molar-refractivity contribution is 6.31. The number of para-hydroxylation sites is 1. The van der Waals surface area contributed by atoms with Gasteiger partial charge in [0.1, 0.15) is 5.75 Å². The Morgan fingerprint density at radius 1 is 1.11 bits per heavy atom. The lowest BCUT2D eigenvalue weighted by Crippen LogP contribution is -2.49. The number of fused-ring (bicyclic) bond motifs is 5. The van der Waals surface area contributed by atoms with Crippen LogP contribution in [0, 0.1) is 0 Å². The van der Waals surface area contributed by atoms with Gasteiger partial charge in [-0.2, -0.15) is 0 Å². The van der Waals surface area contributed by atoms with E-state index in [0.717, 1.165) is 32.7 Å². The molecule has 192 valence electrons. The van der Waals surface area contributed by atoms with E-state index in [9.17, 15) is 14.4 Å². The van der Waals surface area contributed by atoms with Gasteiger partial charge in [0.05, 0.1) is 24.1 Å². The van der Waals surface area contributed by atoms with Gasteiger partial charge in [0.15, 0.2) is 5.54 Å². The van der Waals surface area contributed by atoms with Crippen LogP contribution in [0.5, 0.6) is 5.75 Å². The van der Waals surface area contributed by atoms with Gasteiger partial charge < -0.3 is 19.9 Å². The number of anilines is 1. The topological polar surface area (TPSA) is 94.7 Å². The fraction of sp³-hybridized carbons (Fsp3) is 0.207. The molecular formula is C29H25ClN4O4. The number of hydrogen-bond donors (Lipinski definition) is 2. The summed E-state index contributed by atoms with van der Waals surface area (Å²) in [5.74, 6) is -0.0954. The van der Waals surface area contributed by atoms with Crippen LogP contribution in [0.4, 0.5) is 10.5 Å². The zero-order valence-electron chi connectivity index (χ0n) is 20.9. The molecule has 0 aliphatic carbocycles. The summed E-state index contributed by atoms with van der Waals surface area (Å²) in [5.41, 5.74) is 2.55. The highest BCUT2D eigenvalue weighted by Crippen LogP contribution is 2.46. The van der Waals surface area contributed by atoms with Crippen LogP contribution in [0.25, 0.3) is 10.9 Å². The van der Waals surface area contributed by atoms with E-state index in [1.165, 1.54) is 0 Å². The maximum Gasteiger partial charge on any atom is 0.332 e. The van der Waals surface area contributed by atoms with Crippen LogP contribution in [-0.4, -0.2) is 41.4 Å². The first kappa shape index (κ1) is 24.1. The molecule has 1 aromatic heterocycles. The lowest BCUT2D eigenvalue weighted by molar-refractivity contribution is -0.125. The number of carbonyl (C=O) groups excluding carboxylic acids is 3. The van der Waals surface area contributed by atoms with Gasteiger partial charge in [0.25, 0.3) is 11.8 Å². The Bertz CT molecular complexity index is 1630. The number of imide groups is 1. The molecule has 1 atom stereocenters. The number of halogens is 1. The normalized spacial score (nSPS) is 18.5. The minimum Gasteiger partial charge on any atom is -0.497 e. The number of methoxy groups -OCH3 is 1. The second-order valence-electron chi connectivity index (χ2n) is 9.58. The first-order valence-corrected chi connectivity index (χ1v) is 12.7. The van der Waals surface area contributed by atoms with Gasteiger partial charge in [0.2, 0.25) is 0 Å². The number of carbonyl (C=O) groups is 3.